The lowest BCUT2D eigenvalue weighted by molar-refractivity contribution is 0.415. The highest BCUT2D eigenvalue weighted by atomic mass is 16.5. The van der Waals surface area contributed by atoms with Gasteiger partial charge in [-0.15, -0.1) is 0 Å². The first-order valence-electron chi connectivity index (χ1n) is 30.5. The Morgan fingerprint density at radius 1 is 0.220 bits per heavy atom. The number of methoxy groups -OCH3 is 3. The van der Waals surface area contributed by atoms with Crippen molar-refractivity contribution in [3.05, 3.63) is 309 Å². The van der Waals surface area contributed by atoms with Crippen LogP contribution in [0.5, 0.6) is 17.2 Å². The average molecular weight is 1170 g/mol. The van der Waals surface area contributed by atoms with Crippen LogP contribution in [0.1, 0.15) is 0 Å². The lowest BCUT2D eigenvalue weighted by Crippen LogP contribution is -2.10. The lowest BCUT2D eigenvalue weighted by atomic mass is 9.96. The molecule has 0 aliphatic heterocycles. The van der Waals surface area contributed by atoms with E-state index in [0.717, 1.165) is 168 Å². The van der Waals surface area contributed by atoms with Crippen LogP contribution in [0.25, 0.3) is 133 Å². The van der Waals surface area contributed by atoms with Gasteiger partial charge in [-0.1, -0.05) is 200 Å². The molecule has 15 aromatic rings. The zero-order chi connectivity index (χ0) is 61.2. The summed E-state index contributed by atoms with van der Waals surface area (Å²) in [5, 5.41) is 3.30. The van der Waals surface area contributed by atoms with Crippen molar-refractivity contribution in [2.75, 3.05) is 26.2 Å². The molecule has 7 heteroatoms. The van der Waals surface area contributed by atoms with E-state index < -0.39 is 0 Å². The predicted octanol–water partition coefficient (Wildman–Crippen LogP) is 21.8. The molecular formula is C84H60N4O3. The van der Waals surface area contributed by atoms with Crippen LogP contribution in [0.2, 0.25) is 0 Å². The second-order valence-corrected chi connectivity index (χ2v) is 22.6. The minimum Gasteiger partial charge on any atom is -0.497 e. The van der Waals surface area contributed by atoms with Gasteiger partial charge in [0.15, 0.2) is 0 Å². The number of benzene rings is 12. The summed E-state index contributed by atoms with van der Waals surface area (Å²) >= 11 is 0. The third kappa shape index (κ3) is 11.2. The fourth-order valence-electron chi connectivity index (χ4n) is 12.4. The smallest absolute Gasteiger partial charge is 0.118 e. The first-order valence-corrected chi connectivity index (χ1v) is 30.5. The molecule has 0 radical (unpaired) electrons. The van der Waals surface area contributed by atoms with Gasteiger partial charge < -0.3 is 19.1 Å². The molecule has 0 unspecified atom stereocenters. The SMILES string of the molecule is COc1ccc(-c2ccc(-c3cc(-c4ccc(N(c5ccc(-c6cc(-c7ccc(-c8ccc(OC)cc8)cc7)c7ccccc7n6)cc5)c5ccc(-c6cc(-c7ccc(-c8ccc(OC)cc8)cc7)c7ccccc7n6)cc5)cc4)nc4ccccc34)cc2)cc1. The van der Waals surface area contributed by atoms with Crippen molar-refractivity contribution >= 4 is 49.8 Å². The lowest BCUT2D eigenvalue weighted by Gasteiger charge is -2.26. The second kappa shape index (κ2) is 24.3. The molecule has 0 N–H and O–H groups in total. The fraction of sp³-hybridized carbons (Fsp3) is 0.0357. The number of ether oxygens (including phenoxy) is 3. The average Bonchev–Trinajstić information content (AvgIpc) is 1.54. The van der Waals surface area contributed by atoms with Crippen LogP contribution in [-0.4, -0.2) is 36.3 Å². The summed E-state index contributed by atoms with van der Waals surface area (Å²) in [6.07, 6.45) is 0. The van der Waals surface area contributed by atoms with Crippen LogP contribution in [0, 0.1) is 0 Å². The summed E-state index contributed by atoms with van der Waals surface area (Å²) < 4.78 is 16.3. The van der Waals surface area contributed by atoms with Gasteiger partial charge in [0.1, 0.15) is 17.2 Å². The number of nitrogens with zero attached hydrogens (tertiary/aromatic N) is 4. The molecule has 0 bridgehead atoms. The molecule has 0 aliphatic rings. The van der Waals surface area contributed by atoms with Crippen molar-refractivity contribution in [3.63, 3.8) is 0 Å². The largest absolute Gasteiger partial charge is 0.497 e. The van der Waals surface area contributed by atoms with Crippen LogP contribution in [-0.2, 0) is 0 Å². The summed E-state index contributed by atoms with van der Waals surface area (Å²) in [6, 6.07) is 109. The van der Waals surface area contributed by atoms with Gasteiger partial charge >= 0.3 is 0 Å². The molecular weight excluding hydrogens is 1110 g/mol. The molecule has 0 amide bonds. The highest BCUT2D eigenvalue weighted by molar-refractivity contribution is 6.00. The van der Waals surface area contributed by atoms with Gasteiger partial charge in [-0.05, 0) is 176 Å². The third-order valence-corrected chi connectivity index (χ3v) is 17.3. The Hall–Kier alpha value is -11.9. The fourth-order valence-corrected chi connectivity index (χ4v) is 12.4. The Labute approximate surface area is 529 Å². The van der Waals surface area contributed by atoms with E-state index in [9.17, 15) is 0 Å². The van der Waals surface area contributed by atoms with E-state index >= 15 is 0 Å². The molecule has 7 nitrogen and oxygen atoms in total. The molecule has 3 heterocycles. The van der Waals surface area contributed by atoms with E-state index in [4.69, 9.17) is 29.2 Å². The van der Waals surface area contributed by atoms with Crippen LogP contribution in [0.3, 0.4) is 0 Å². The number of anilines is 3. The molecule has 0 fully saturated rings. The van der Waals surface area contributed by atoms with E-state index in [2.05, 4.69) is 278 Å². The highest BCUT2D eigenvalue weighted by Gasteiger charge is 2.19. The first kappa shape index (κ1) is 55.6. The number of hydrogen-bond donors (Lipinski definition) is 0. The van der Waals surface area contributed by atoms with Gasteiger partial charge in [0, 0.05) is 49.9 Å². The van der Waals surface area contributed by atoms with Gasteiger partial charge in [-0.25, -0.2) is 15.0 Å². The van der Waals surface area contributed by atoms with Crippen molar-refractivity contribution in [3.8, 4) is 118 Å². The second-order valence-electron chi connectivity index (χ2n) is 22.6. The summed E-state index contributed by atoms with van der Waals surface area (Å²) in [5.74, 6) is 2.51. The maximum absolute atomic E-state index is 5.42. The van der Waals surface area contributed by atoms with Crippen LogP contribution >= 0.6 is 0 Å². The van der Waals surface area contributed by atoms with Crippen molar-refractivity contribution in [1.82, 2.24) is 15.0 Å². The Morgan fingerprint density at radius 2 is 0.429 bits per heavy atom. The molecule has 434 valence electrons. The Bertz CT molecular complexity index is 4580. The molecule has 0 saturated heterocycles. The first-order chi connectivity index (χ1) is 44.9. The maximum Gasteiger partial charge on any atom is 0.118 e. The van der Waals surface area contributed by atoms with Crippen molar-refractivity contribution in [2.24, 2.45) is 0 Å². The molecule has 0 saturated carbocycles. The van der Waals surface area contributed by atoms with Gasteiger partial charge in [-0.2, -0.15) is 0 Å². The number of rotatable bonds is 15. The minimum atomic E-state index is 0.837. The Balaban J connectivity index is 0.786. The van der Waals surface area contributed by atoms with Crippen LogP contribution in [0.4, 0.5) is 17.1 Å². The van der Waals surface area contributed by atoms with Gasteiger partial charge in [0.2, 0.25) is 0 Å². The number of aromatic nitrogens is 3. The predicted molar refractivity (Wildman–Crippen MR) is 376 cm³/mol. The molecule has 3 aromatic heterocycles. The molecule has 91 heavy (non-hydrogen) atoms. The monoisotopic (exact) mass is 1170 g/mol. The van der Waals surface area contributed by atoms with E-state index in [1.54, 1.807) is 21.3 Å². The number of para-hydroxylation sites is 3. The minimum absolute atomic E-state index is 0.837. The normalized spacial score (nSPS) is 11.2. The van der Waals surface area contributed by atoms with E-state index in [1.165, 1.54) is 0 Å². The van der Waals surface area contributed by atoms with Crippen molar-refractivity contribution in [1.29, 1.82) is 0 Å². The molecule has 0 spiro atoms. The van der Waals surface area contributed by atoms with Crippen LogP contribution < -0.4 is 19.1 Å². The van der Waals surface area contributed by atoms with Gasteiger partial charge in [0.25, 0.3) is 0 Å². The van der Waals surface area contributed by atoms with E-state index in [-0.39, 0.29) is 0 Å². The number of fused-ring (bicyclic) bond motifs is 3. The quantitative estimate of drug-likeness (QED) is 0.101. The highest BCUT2D eigenvalue weighted by Crippen LogP contribution is 2.42. The summed E-state index contributed by atoms with van der Waals surface area (Å²) in [5.41, 5.74) is 25.1. The molecule has 0 atom stereocenters. The summed E-state index contributed by atoms with van der Waals surface area (Å²) in [7, 11) is 5.08. The zero-order valence-corrected chi connectivity index (χ0v) is 50.5. The maximum atomic E-state index is 5.42. The molecule has 15 rings (SSSR count). The van der Waals surface area contributed by atoms with Gasteiger partial charge in [-0.3, -0.25) is 0 Å². The van der Waals surface area contributed by atoms with Crippen molar-refractivity contribution < 1.29 is 14.2 Å². The number of hydrogen-bond acceptors (Lipinski definition) is 7. The number of pyridine rings is 3. The van der Waals surface area contributed by atoms with E-state index in [1.807, 2.05) is 36.4 Å². The van der Waals surface area contributed by atoms with E-state index in [0.29, 0.717) is 0 Å². The van der Waals surface area contributed by atoms with Crippen LogP contribution in [0.15, 0.2) is 309 Å². The van der Waals surface area contributed by atoms with Crippen molar-refractivity contribution in [2.45, 2.75) is 0 Å². The molecule has 12 aromatic carbocycles. The third-order valence-electron chi connectivity index (χ3n) is 17.3. The Kier molecular flexibility index (Phi) is 14.9. The summed E-state index contributed by atoms with van der Waals surface area (Å²) in [4.78, 5) is 18.1. The topological polar surface area (TPSA) is 69.6 Å². The van der Waals surface area contributed by atoms with Gasteiger partial charge in [0.05, 0.1) is 55.0 Å². The standard InChI is InChI=1S/C84H60N4O3/c1-89-70-46-34-58(35-47-70)55-16-22-61(23-17-55)76-52-82(85-79-13-7-4-10-73(76)79)64-28-40-67(41-29-64)88(68-42-30-65(31-43-68)83-53-77(74-11-5-8-14-80(74)86-83)62-24-18-56(19-25-62)59-36-48-71(90-2)49-37-59)69-44-32-66(33-45-69)84-54-78(75-12-6-9-15-81(75)87-84)63-26-20-57(21-27-63)60-38-50-72(91-3)51-39-60/h4-54H,1-3H3. The Morgan fingerprint density at radius 3 is 0.670 bits per heavy atom. The molecule has 0 aliphatic carbocycles. The zero-order valence-electron chi connectivity index (χ0n) is 50.5. The summed E-state index contributed by atoms with van der Waals surface area (Å²) in [6.45, 7) is 0.